The predicted octanol–water partition coefficient (Wildman–Crippen LogP) is 3.42. The number of sulfonamides is 2. The van der Waals surface area contributed by atoms with E-state index in [1.807, 2.05) is 0 Å². The van der Waals surface area contributed by atoms with Crippen molar-refractivity contribution in [3.05, 3.63) is 71.5 Å². The minimum Gasteiger partial charge on any atom is -0.326 e. The highest BCUT2D eigenvalue weighted by Crippen LogP contribution is 2.26. The molecule has 0 bridgehead atoms. The number of aryl methyl sites for hydroxylation is 1. The zero-order chi connectivity index (χ0) is 25.6. The Balaban J connectivity index is 1.59. The fourth-order valence-corrected chi connectivity index (χ4v) is 5.31. The summed E-state index contributed by atoms with van der Waals surface area (Å²) in [5.74, 6) is -0.395. The summed E-state index contributed by atoms with van der Waals surface area (Å²) >= 11 is 6.03. The Morgan fingerprint density at radius 2 is 1.69 bits per heavy atom. The molecule has 186 valence electrons. The zero-order valence-electron chi connectivity index (χ0n) is 19.0. The highest BCUT2D eigenvalue weighted by atomic mass is 35.5. The molecule has 35 heavy (non-hydrogen) atoms. The molecule has 0 saturated heterocycles. The average molecular weight is 538 g/mol. The van der Waals surface area contributed by atoms with Crippen molar-refractivity contribution < 1.29 is 21.6 Å². The van der Waals surface area contributed by atoms with Crippen LogP contribution in [0.3, 0.4) is 0 Å². The van der Waals surface area contributed by atoms with Crippen molar-refractivity contribution in [3.8, 4) is 0 Å². The molecule has 0 aliphatic heterocycles. The zero-order valence-corrected chi connectivity index (χ0v) is 21.4. The van der Waals surface area contributed by atoms with Crippen LogP contribution in [0, 0.1) is 6.92 Å². The molecule has 0 aliphatic carbocycles. The van der Waals surface area contributed by atoms with Crippen LogP contribution in [0.2, 0.25) is 5.02 Å². The van der Waals surface area contributed by atoms with E-state index in [1.165, 1.54) is 41.0 Å². The first-order valence-electron chi connectivity index (χ1n) is 10.4. The molecular weight excluding hydrogens is 514 g/mol. The highest BCUT2D eigenvalue weighted by molar-refractivity contribution is 7.92. The van der Waals surface area contributed by atoms with E-state index in [1.54, 1.807) is 31.2 Å². The Bertz CT molecular complexity index is 1400. The van der Waals surface area contributed by atoms with Crippen LogP contribution in [-0.2, 0) is 24.8 Å². The van der Waals surface area contributed by atoms with Crippen molar-refractivity contribution in [1.29, 1.82) is 0 Å². The largest absolute Gasteiger partial charge is 0.326 e. The fourth-order valence-electron chi connectivity index (χ4n) is 3.17. The summed E-state index contributed by atoms with van der Waals surface area (Å²) in [6.07, 6.45) is 4.24. The van der Waals surface area contributed by atoms with Gasteiger partial charge in [-0.25, -0.2) is 31.5 Å². The van der Waals surface area contributed by atoms with E-state index in [4.69, 9.17) is 11.6 Å². The Morgan fingerprint density at radius 3 is 2.31 bits per heavy atom. The average Bonchev–Trinajstić information content (AvgIpc) is 2.78. The number of rotatable bonds is 10. The molecule has 3 aromatic rings. The maximum absolute atomic E-state index is 12.4. The molecule has 3 rings (SSSR count). The van der Waals surface area contributed by atoms with E-state index >= 15 is 0 Å². The van der Waals surface area contributed by atoms with Gasteiger partial charge in [0, 0.05) is 36.1 Å². The molecular formula is C22H24ClN5O5S2. The second-order valence-electron chi connectivity index (χ2n) is 7.62. The highest BCUT2D eigenvalue weighted by Gasteiger charge is 2.20. The molecule has 0 atom stereocenters. The molecule has 0 aliphatic rings. The summed E-state index contributed by atoms with van der Waals surface area (Å²) in [5.41, 5.74) is 1.61. The third-order valence-corrected chi connectivity index (χ3v) is 7.60. The Labute approximate surface area is 209 Å². The first kappa shape index (κ1) is 26.4. The molecule has 0 unspecified atom stereocenters. The molecule has 13 heteroatoms. The predicted molar refractivity (Wildman–Crippen MR) is 136 cm³/mol. The first-order chi connectivity index (χ1) is 16.5. The van der Waals surface area contributed by atoms with Gasteiger partial charge in [0.15, 0.2) is 0 Å². The third kappa shape index (κ3) is 7.38. The third-order valence-electron chi connectivity index (χ3n) is 4.85. The number of carbonyl (C=O) groups is 1. The lowest BCUT2D eigenvalue weighted by Crippen LogP contribution is -2.32. The van der Waals surface area contributed by atoms with E-state index in [9.17, 15) is 21.6 Å². The van der Waals surface area contributed by atoms with Gasteiger partial charge in [-0.15, -0.1) is 0 Å². The number of hydrogen-bond acceptors (Lipinski definition) is 7. The van der Waals surface area contributed by atoms with Crippen molar-refractivity contribution in [3.63, 3.8) is 0 Å². The molecule has 10 nitrogen and oxygen atoms in total. The molecule has 1 amide bonds. The van der Waals surface area contributed by atoms with Crippen LogP contribution in [-0.4, -0.2) is 45.5 Å². The lowest BCUT2D eigenvalue weighted by Gasteiger charge is -2.24. The van der Waals surface area contributed by atoms with Crippen molar-refractivity contribution in [2.24, 2.45) is 0 Å². The topological polar surface area (TPSA) is 138 Å². The van der Waals surface area contributed by atoms with Crippen LogP contribution in [0.4, 0.5) is 17.3 Å². The van der Waals surface area contributed by atoms with Gasteiger partial charge in [-0.2, -0.15) is 0 Å². The van der Waals surface area contributed by atoms with E-state index in [0.29, 0.717) is 16.4 Å². The van der Waals surface area contributed by atoms with Crippen molar-refractivity contribution >= 4 is 54.9 Å². The van der Waals surface area contributed by atoms with Crippen LogP contribution < -0.4 is 14.3 Å². The van der Waals surface area contributed by atoms with Crippen molar-refractivity contribution in [1.82, 2.24) is 9.97 Å². The second-order valence-corrected chi connectivity index (χ2v) is 11.6. The molecule has 2 N–H and O–H groups in total. The van der Waals surface area contributed by atoms with Gasteiger partial charge < -0.3 is 5.32 Å². The van der Waals surface area contributed by atoms with Gasteiger partial charge in [-0.05, 0) is 61.4 Å². The van der Waals surface area contributed by atoms with Crippen LogP contribution in [0.25, 0.3) is 0 Å². The smallest absolute Gasteiger partial charge is 0.264 e. The second kappa shape index (κ2) is 11.0. The molecule has 0 fully saturated rings. The van der Waals surface area contributed by atoms with Gasteiger partial charge in [0.1, 0.15) is 0 Å². The van der Waals surface area contributed by atoms with Gasteiger partial charge in [-0.1, -0.05) is 17.7 Å². The summed E-state index contributed by atoms with van der Waals surface area (Å²) in [6.45, 7) is 1.88. The summed E-state index contributed by atoms with van der Waals surface area (Å²) in [7, 11) is -7.47. The van der Waals surface area contributed by atoms with Gasteiger partial charge >= 0.3 is 0 Å². The number of halogens is 1. The lowest BCUT2D eigenvalue weighted by molar-refractivity contribution is -0.116. The van der Waals surface area contributed by atoms with E-state index in [0.717, 1.165) is 11.8 Å². The van der Waals surface area contributed by atoms with Crippen LogP contribution >= 0.6 is 11.6 Å². The minimum atomic E-state index is -3.89. The number of amides is 1. The number of nitrogens with zero attached hydrogens (tertiary/aromatic N) is 3. The first-order valence-corrected chi connectivity index (χ1v) is 14.1. The Kier molecular flexibility index (Phi) is 8.30. The van der Waals surface area contributed by atoms with Gasteiger partial charge in [-0.3, -0.25) is 9.10 Å². The summed E-state index contributed by atoms with van der Waals surface area (Å²) in [5, 5.41) is 3.09. The van der Waals surface area contributed by atoms with Gasteiger partial charge in [0.2, 0.25) is 21.9 Å². The monoisotopic (exact) mass is 537 g/mol. The standard InChI is InChI=1S/C22H24ClN5O5S2/c1-16-6-7-17(23)15-20(16)28(34(2,30)31)14-3-5-21(29)26-18-8-10-19(11-9-18)35(32,33)27-22-24-12-4-13-25-22/h4,6-13,15H,3,5,14H2,1-2H3,(H,26,29)(H,24,25,27). The number of nitrogens with one attached hydrogen (secondary N) is 2. The van der Waals surface area contributed by atoms with Crippen LogP contribution in [0.5, 0.6) is 0 Å². The van der Waals surface area contributed by atoms with Crippen LogP contribution in [0.15, 0.2) is 65.8 Å². The maximum Gasteiger partial charge on any atom is 0.264 e. The van der Waals surface area contributed by atoms with Crippen molar-refractivity contribution in [2.45, 2.75) is 24.7 Å². The molecule has 1 aromatic heterocycles. The summed E-state index contributed by atoms with van der Waals surface area (Å²) < 4.78 is 53.0. The molecule has 0 saturated carbocycles. The van der Waals surface area contributed by atoms with Crippen LogP contribution in [0.1, 0.15) is 18.4 Å². The Morgan fingerprint density at radius 1 is 1.03 bits per heavy atom. The molecule has 0 radical (unpaired) electrons. The SMILES string of the molecule is Cc1ccc(Cl)cc1N(CCCC(=O)Nc1ccc(S(=O)(=O)Nc2ncccn2)cc1)S(C)(=O)=O. The Hall–Kier alpha value is -3.22. The van der Waals surface area contributed by atoms with E-state index in [-0.39, 0.29) is 36.1 Å². The lowest BCUT2D eigenvalue weighted by atomic mass is 10.2. The number of hydrogen-bond donors (Lipinski definition) is 2. The molecule has 1 heterocycles. The number of carbonyl (C=O) groups excluding carboxylic acids is 1. The molecule has 0 spiro atoms. The minimum absolute atomic E-state index is 0.0244. The number of anilines is 3. The fraction of sp³-hybridized carbons (Fsp3) is 0.227. The summed E-state index contributed by atoms with van der Waals surface area (Å²) in [4.78, 5) is 20.0. The van der Waals surface area contributed by atoms with E-state index in [2.05, 4.69) is 20.0 Å². The van der Waals surface area contributed by atoms with Crippen molar-refractivity contribution in [2.75, 3.05) is 27.1 Å². The maximum atomic E-state index is 12.4. The van der Waals surface area contributed by atoms with Gasteiger partial charge in [0.05, 0.1) is 16.8 Å². The normalized spacial score (nSPS) is 11.6. The molecule has 2 aromatic carbocycles. The summed E-state index contributed by atoms with van der Waals surface area (Å²) in [6, 6.07) is 12.1. The number of aromatic nitrogens is 2. The number of benzene rings is 2. The van der Waals surface area contributed by atoms with Gasteiger partial charge in [0.25, 0.3) is 10.0 Å². The quantitative estimate of drug-likeness (QED) is 0.404. The van der Waals surface area contributed by atoms with E-state index < -0.39 is 20.0 Å².